The largest absolute Gasteiger partial charge is 0.336 e. The van der Waals surface area contributed by atoms with E-state index in [-0.39, 0.29) is 5.91 Å². The summed E-state index contributed by atoms with van der Waals surface area (Å²) in [5.74, 6) is 0.0544. The molecule has 96 valence electrons. The van der Waals surface area contributed by atoms with E-state index in [1.807, 2.05) is 11.7 Å². The molecule has 1 atom stereocenters. The SMILES string of the molecule is C=C1CN(C)C(=O)c2c3c(nn2C1)C[C@@H](C)NC3. The van der Waals surface area contributed by atoms with Crippen LogP contribution in [0.5, 0.6) is 0 Å². The van der Waals surface area contributed by atoms with Crippen LogP contribution in [0.2, 0.25) is 0 Å². The Balaban J connectivity index is 2.11. The van der Waals surface area contributed by atoms with Gasteiger partial charge in [0.2, 0.25) is 0 Å². The third-order valence-corrected chi connectivity index (χ3v) is 3.64. The van der Waals surface area contributed by atoms with Crippen LogP contribution < -0.4 is 5.32 Å². The molecule has 0 saturated heterocycles. The van der Waals surface area contributed by atoms with E-state index < -0.39 is 0 Å². The van der Waals surface area contributed by atoms with Gasteiger partial charge in [-0.25, -0.2) is 0 Å². The number of hydrogen-bond donors (Lipinski definition) is 1. The van der Waals surface area contributed by atoms with Crippen molar-refractivity contribution in [2.45, 2.75) is 32.5 Å². The zero-order valence-electron chi connectivity index (χ0n) is 10.9. The maximum absolute atomic E-state index is 12.4. The van der Waals surface area contributed by atoms with Crippen molar-refractivity contribution in [3.05, 3.63) is 29.1 Å². The quantitative estimate of drug-likeness (QED) is 0.680. The Morgan fingerprint density at radius 3 is 3.00 bits per heavy atom. The molecule has 18 heavy (non-hydrogen) atoms. The number of carbonyl (C=O) groups excluding carboxylic acids is 1. The topological polar surface area (TPSA) is 50.2 Å². The molecule has 1 N–H and O–H groups in total. The maximum atomic E-state index is 12.4. The van der Waals surface area contributed by atoms with Crippen molar-refractivity contribution >= 4 is 5.91 Å². The predicted octanol–water partition coefficient (Wildman–Crippen LogP) is 0.559. The minimum Gasteiger partial charge on any atom is -0.336 e. The number of carbonyl (C=O) groups is 1. The van der Waals surface area contributed by atoms with Crippen LogP contribution in [0.25, 0.3) is 0 Å². The Hall–Kier alpha value is -1.62. The van der Waals surface area contributed by atoms with Crippen molar-refractivity contribution in [3.63, 3.8) is 0 Å². The van der Waals surface area contributed by atoms with Crippen molar-refractivity contribution in [2.75, 3.05) is 13.6 Å². The lowest BCUT2D eigenvalue weighted by Crippen LogP contribution is -2.34. The molecule has 5 nitrogen and oxygen atoms in total. The van der Waals surface area contributed by atoms with Crippen LogP contribution in [-0.2, 0) is 19.5 Å². The number of hydrogen-bond acceptors (Lipinski definition) is 3. The van der Waals surface area contributed by atoms with E-state index in [1.165, 1.54) is 0 Å². The van der Waals surface area contributed by atoms with Crippen LogP contribution in [0.1, 0.15) is 28.7 Å². The molecule has 1 amide bonds. The minimum atomic E-state index is 0.0544. The molecule has 3 rings (SSSR count). The molecule has 2 aliphatic rings. The van der Waals surface area contributed by atoms with Crippen molar-refractivity contribution in [1.82, 2.24) is 20.0 Å². The van der Waals surface area contributed by atoms with Crippen molar-refractivity contribution in [3.8, 4) is 0 Å². The molecule has 3 heterocycles. The van der Waals surface area contributed by atoms with Gasteiger partial charge in [0, 0.05) is 38.2 Å². The van der Waals surface area contributed by atoms with Gasteiger partial charge in [-0.2, -0.15) is 5.10 Å². The maximum Gasteiger partial charge on any atom is 0.272 e. The Labute approximate surface area is 106 Å². The molecule has 0 radical (unpaired) electrons. The molecule has 0 bridgehead atoms. The van der Waals surface area contributed by atoms with Gasteiger partial charge < -0.3 is 10.2 Å². The predicted molar refractivity (Wildman–Crippen MR) is 68.3 cm³/mol. The first-order valence-corrected chi connectivity index (χ1v) is 6.30. The normalized spacial score (nSPS) is 23.7. The number of aromatic nitrogens is 2. The number of nitrogens with one attached hydrogen (secondary N) is 1. The van der Waals surface area contributed by atoms with Crippen LogP contribution in [0.3, 0.4) is 0 Å². The van der Waals surface area contributed by atoms with Crippen LogP contribution in [-0.4, -0.2) is 40.2 Å². The highest BCUT2D eigenvalue weighted by Gasteiger charge is 2.30. The van der Waals surface area contributed by atoms with E-state index in [4.69, 9.17) is 0 Å². The van der Waals surface area contributed by atoms with E-state index >= 15 is 0 Å². The zero-order valence-corrected chi connectivity index (χ0v) is 10.9. The molecular formula is C13H18N4O. The average molecular weight is 246 g/mol. The van der Waals surface area contributed by atoms with Crippen molar-refractivity contribution in [1.29, 1.82) is 0 Å². The lowest BCUT2D eigenvalue weighted by atomic mass is 10.0. The number of rotatable bonds is 0. The smallest absolute Gasteiger partial charge is 0.272 e. The van der Waals surface area contributed by atoms with Crippen LogP contribution in [0.4, 0.5) is 0 Å². The van der Waals surface area contributed by atoms with Crippen LogP contribution in [0.15, 0.2) is 12.2 Å². The molecule has 0 aromatic carbocycles. The van der Waals surface area contributed by atoms with E-state index in [1.54, 1.807) is 4.90 Å². The molecule has 1 aromatic heterocycles. The lowest BCUT2D eigenvalue weighted by Gasteiger charge is -2.20. The number of nitrogens with zero attached hydrogens (tertiary/aromatic N) is 3. The van der Waals surface area contributed by atoms with E-state index in [0.29, 0.717) is 19.1 Å². The van der Waals surface area contributed by atoms with E-state index in [9.17, 15) is 4.79 Å². The summed E-state index contributed by atoms with van der Waals surface area (Å²) < 4.78 is 1.83. The summed E-state index contributed by atoms with van der Waals surface area (Å²) in [5.41, 5.74) is 3.89. The molecule has 0 spiro atoms. The zero-order chi connectivity index (χ0) is 12.9. The van der Waals surface area contributed by atoms with Gasteiger partial charge in [0.15, 0.2) is 0 Å². The minimum absolute atomic E-state index is 0.0544. The van der Waals surface area contributed by atoms with E-state index in [2.05, 4.69) is 23.9 Å². The fourth-order valence-corrected chi connectivity index (χ4v) is 2.74. The van der Waals surface area contributed by atoms with Gasteiger partial charge in [0.25, 0.3) is 5.91 Å². The second-order valence-corrected chi connectivity index (χ2v) is 5.33. The highest BCUT2D eigenvalue weighted by atomic mass is 16.2. The van der Waals surface area contributed by atoms with Crippen LogP contribution >= 0.6 is 0 Å². The fraction of sp³-hybridized carbons (Fsp3) is 0.538. The van der Waals surface area contributed by atoms with Crippen LogP contribution in [0, 0.1) is 0 Å². The van der Waals surface area contributed by atoms with Gasteiger partial charge >= 0.3 is 0 Å². The summed E-state index contributed by atoms with van der Waals surface area (Å²) in [5, 5.41) is 8.00. The summed E-state index contributed by atoms with van der Waals surface area (Å²) in [7, 11) is 1.82. The highest BCUT2D eigenvalue weighted by molar-refractivity contribution is 5.94. The van der Waals surface area contributed by atoms with Gasteiger partial charge in [-0.05, 0) is 12.5 Å². The molecule has 2 aliphatic heterocycles. The standard InChI is InChI=1S/C13H18N4O/c1-8-6-16(3)13(18)12-10-5-14-9(2)4-11(10)15-17(12)7-8/h9,14H,1,4-7H2,2-3H3/t9-/m1/s1. The second kappa shape index (κ2) is 3.95. The van der Waals surface area contributed by atoms with Crippen molar-refractivity contribution in [2.24, 2.45) is 0 Å². The first-order chi connectivity index (χ1) is 8.56. The second-order valence-electron chi connectivity index (χ2n) is 5.33. The first kappa shape index (κ1) is 11.5. The molecule has 0 unspecified atom stereocenters. The van der Waals surface area contributed by atoms with Crippen molar-refractivity contribution < 1.29 is 4.79 Å². The first-order valence-electron chi connectivity index (χ1n) is 6.30. The molecule has 0 fully saturated rings. The lowest BCUT2D eigenvalue weighted by molar-refractivity contribution is 0.0803. The molecule has 0 saturated carbocycles. The summed E-state index contributed by atoms with van der Waals surface area (Å²) in [6, 6.07) is 0.424. The Morgan fingerprint density at radius 2 is 2.22 bits per heavy atom. The summed E-state index contributed by atoms with van der Waals surface area (Å²) in [6.07, 6.45) is 0.888. The van der Waals surface area contributed by atoms with Gasteiger partial charge in [0.05, 0.1) is 12.2 Å². The van der Waals surface area contributed by atoms with Gasteiger partial charge in [-0.3, -0.25) is 9.48 Å². The monoisotopic (exact) mass is 246 g/mol. The Bertz CT molecular complexity index is 531. The molecular weight excluding hydrogens is 228 g/mol. The van der Waals surface area contributed by atoms with Gasteiger partial charge in [-0.1, -0.05) is 6.58 Å². The molecule has 1 aromatic rings. The van der Waals surface area contributed by atoms with E-state index in [0.717, 1.165) is 35.5 Å². The molecule has 5 heteroatoms. The highest BCUT2D eigenvalue weighted by Crippen LogP contribution is 2.24. The third kappa shape index (κ3) is 1.66. The average Bonchev–Trinajstić information content (AvgIpc) is 2.59. The van der Waals surface area contributed by atoms with Gasteiger partial charge in [-0.15, -0.1) is 0 Å². The summed E-state index contributed by atoms with van der Waals surface area (Å²) in [6.45, 7) is 8.14. The third-order valence-electron chi connectivity index (χ3n) is 3.64. The summed E-state index contributed by atoms with van der Waals surface area (Å²) in [4.78, 5) is 14.1. The molecule has 0 aliphatic carbocycles. The summed E-state index contributed by atoms with van der Waals surface area (Å²) >= 11 is 0. The number of likely N-dealkylation sites (N-methyl/N-ethyl adjacent to an activating group) is 1. The van der Waals surface area contributed by atoms with Gasteiger partial charge in [0.1, 0.15) is 5.69 Å². The Kier molecular flexibility index (Phi) is 2.52. The number of amides is 1. The number of fused-ring (bicyclic) bond motifs is 3. The fourth-order valence-electron chi connectivity index (χ4n) is 2.74. The Morgan fingerprint density at radius 1 is 1.44 bits per heavy atom.